The first kappa shape index (κ1) is 34.0. The highest BCUT2D eigenvalue weighted by atomic mass is 16.3. The number of furan rings is 1. The summed E-state index contributed by atoms with van der Waals surface area (Å²) in [4.78, 5) is 15.4. The van der Waals surface area contributed by atoms with Gasteiger partial charge < -0.3 is 14.3 Å². The van der Waals surface area contributed by atoms with Crippen LogP contribution in [0.3, 0.4) is 0 Å². The minimum atomic E-state index is -0.290. The minimum Gasteiger partial charge on any atom is -0.453 e. The molecule has 0 amide bonds. The second kappa shape index (κ2) is 13.8. The van der Waals surface area contributed by atoms with Gasteiger partial charge >= 0.3 is 0 Å². The average Bonchev–Trinajstić information content (AvgIpc) is 3.87. The van der Waals surface area contributed by atoms with Crippen molar-refractivity contribution in [3.63, 3.8) is 0 Å². The van der Waals surface area contributed by atoms with E-state index in [1.807, 2.05) is 42.5 Å². The van der Waals surface area contributed by atoms with E-state index in [0.717, 1.165) is 94.5 Å². The van der Waals surface area contributed by atoms with Gasteiger partial charge in [-0.1, -0.05) is 170 Å². The summed E-state index contributed by atoms with van der Waals surface area (Å²) < 4.78 is 9.36. The van der Waals surface area contributed by atoms with Gasteiger partial charge in [0, 0.05) is 32.8 Å². The Bertz CT molecular complexity index is 3490. The molecule has 1 unspecified atom stereocenters. The third-order valence-electron chi connectivity index (χ3n) is 11.7. The maximum absolute atomic E-state index is 6.99. The third-order valence-corrected chi connectivity index (χ3v) is 11.7. The molecule has 0 spiro atoms. The lowest BCUT2D eigenvalue weighted by atomic mass is 9.99. The van der Waals surface area contributed by atoms with E-state index in [0.29, 0.717) is 5.84 Å². The van der Waals surface area contributed by atoms with Gasteiger partial charge in [-0.3, -0.25) is 0 Å². The molecule has 0 radical (unpaired) electrons. The second-order valence-corrected chi connectivity index (χ2v) is 15.2. The van der Waals surface area contributed by atoms with Crippen LogP contribution in [0.15, 0.2) is 215 Å². The Morgan fingerprint density at radius 3 is 1.88 bits per heavy atom. The summed E-state index contributed by atoms with van der Waals surface area (Å²) in [5.41, 5.74) is 13.0. The molecule has 282 valence electrons. The Morgan fingerprint density at radius 2 is 1.10 bits per heavy atom. The lowest BCUT2D eigenvalue weighted by molar-refractivity contribution is 0.674. The van der Waals surface area contributed by atoms with Crippen LogP contribution in [0.4, 0.5) is 0 Å². The van der Waals surface area contributed by atoms with Gasteiger partial charge in [0.2, 0.25) is 0 Å². The van der Waals surface area contributed by atoms with Gasteiger partial charge in [-0.2, -0.15) is 0 Å². The van der Waals surface area contributed by atoms with Gasteiger partial charge in [-0.05, 0) is 52.4 Å². The van der Waals surface area contributed by atoms with Crippen LogP contribution in [0.2, 0.25) is 0 Å². The number of nitrogens with zero attached hydrogens (tertiary/aromatic N) is 4. The van der Waals surface area contributed by atoms with Crippen LogP contribution in [0.25, 0.3) is 82.7 Å². The first-order valence-corrected chi connectivity index (χ1v) is 20.2. The number of fused-ring (bicyclic) bond motifs is 8. The summed E-state index contributed by atoms with van der Waals surface area (Å²) in [5, 5.41) is 9.01. The predicted molar refractivity (Wildman–Crippen MR) is 246 cm³/mol. The molecule has 0 aliphatic carbocycles. The van der Waals surface area contributed by atoms with Gasteiger partial charge in [0.05, 0.1) is 27.8 Å². The molecule has 1 aliphatic rings. The SMILES string of the molecule is c1ccc(C2=NC(c3ccc(-c4ccc(-c5nc6ccccc6c6oc7c8ccccc8n(-c8cccc9ccccc89)c7c56)cc4)cc3)NC(c3ccccc3)=N2)cc1. The summed E-state index contributed by atoms with van der Waals surface area (Å²) in [7, 11) is 0. The standard InChI is InChI=1S/C54H35N5O/c1-3-15-38(16-4-1)52-56-53(39-17-5-2-6-18-39)58-54(57-52)40-32-28-35(29-33-40)34-26-30-37(31-27-34)48-47-49-51(60-50(47)42-21-9-11-23-44(42)55-48)43-22-10-12-24-46(43)59(49)45-25-13-19-36-14-7-8-20-41(36)45/h1-33,54H,(H,56,57,58). The summed E-state index contributed by atoms with van der Waals surface area (Å²) in [6.07, 6.45) is -0.290. The molecular formula is C54H35N5O. The number of hydrogen-bond donors (Lipinski definition) is 1. The summed E-state index contributed by atoms with van der Waals surface area (Å²) in [6, 6.07) is 69.7. The largest absolute Gasteiger partial charge is 0.453 e. The highest BCUT2D eigenvalue weighted by molar-refractivity contribution is 6.24. The monoisotopic (exact) mass is 769 g/mol. The van der Waals surface area contributed by atoms with E-state index in [1.165, 1.54) is 10.8 Å². The summed E-state index contributed by atoms with van der Waals surface area (Å²) in [5.74, 6) is 1.51. The van der Waals surface area contributed by atoms with Crippen molar-refractivity contribution in [3.8, 4) is 28.1 Å². The Balaban J connectivity index is 0.960. The van der Waals surface area contributed by atoms with Crippen LogP contribution in [-0.2, 0) is 0 Å². The minimum absolute atomic E-state index is 0.290. The van der Waals surface area contributed by atoms with E-state index < -0.39 is 0 Å². The van der Waals surface area contributed by atoms with Crippen molar-refractivity contribution in [1.29, 1.82) is 0 Å². The van der Waals surface area contributed by atoms with Crippen LogP contribution >= 0.6 is 0 Å². The topological polar surface area (TPSA) is 67.7 Å². The van der Waals surface area contributed by atoms with Crippen LogP contribution in [0, 0.1) is 0 Å². The summed E-state index contributed by atoms with van der Waals surface area (Å²) >= 11 is 0. The van der Waals surface area contributed by atoms with Gasteiger partial charge in [-0.15, -0.1) is 0 Å². The lowest BCUT2D eigenvalue weighted by Gasteiger charge is -2.23. The Labute approximate surface area is 345 Å². The van der Waals surface area contributed by atoms with Crippen molar-refractivity contribution < 1.29 is 4.42 Å². The van der Waals surface area contributed by atoms with Crippen LogP contribution in [0.1, 0.15) is 22.9 Å². The smallest absolute Gasteiger partial charge is 0.161 e. The fourth-order valence-corrected chi connectivity index (χ4v) is 8.77. The predicted octanol–water partition coefficient (Wildman–Crippen LogP) is 13.1. The molecule has 3 aromatic heterocycles. The van der Waals surface area contributed by atoms with Crippen molar-refractivity contribution in [1.82, 2.24) is 14.9 Å². The first-order valence-electron chi connectivity index (χ1n) is 20.2. The van der Waals surface area contributed by atoms with Gasteiger partial charge in [0.1, 0.15) is 23.1 Å². The Kier molecular flexibility index (Phi) is 7.81. The van der Waals surface area contributed by atoms with E-state index >= 15 is 0 Å². The number of hydrogen-bond acceptors (Lipinski definition) is 5. The highest BCUT2D eigenvalue weighted by Gasteiger charge is 2.26. The maximum Gasteiger partial charge on any atom is 0.161 e. The van der Waals surface area contributed by atoms with E-state index in [2.05, 4.69) is 168 Å². The zero-order chi connectivity index (χ0) is 39.6. The first-order chi connectivity index (χ1) is 29.7. The van der Waals surface area contributed by atoms with Gasteiger partial charge in [0.15, 0.2) is 11.4 Å². The molecule has 6 nitrogen and oxygen atoms in total. The molecule has 0 bridgehead atoms. The average molecular weight is 770 g/mol. The van der Waals surface area contributed by atoms with Crippen molar-refractivity contribution in [2.24, 2.45) is 9.98 Å². The van der Waals surface area contributed by atoms with E-state index in [9.17, 15) is 0 Å². The molecular weight excluding hydrogens is 735 g/mol. The zero-order valence-electron chi connectivity index (χ0n) is 32.3. The number of aliphatic imine (C=N–C) groups is 2. The number of benzene rings is 8. The molecule has 0 saturated heterocycles. The van der Waals surface area contributed by atoms with E-state index in [-0.39, 0.29) is 6.17 Å². The molecule has 1 aliphatic heterocycles. The number of para-hydroxylation sites is 2. The molecule has 1 atom stereocenters. The number of nitrogens with one attached hydrogen (secondary N) is 1. The zero-order valence-corrected chi connectivity index (χ0v) is 32.3. The highest BCUT2D eigenvalue weighted by Crippen LogP contribution is 2.45. The van der Waals surface area contributed by atoms with Crippen molar-refractivity contribution in [3.05, 3.63) is 217 Å². The Morgan fingerprint density at radius 1 is 0.483 bits per heavy atom. The maximum atomic E-state index is 6.99. The van der Waals surface area contributed by atoms with Gasteiger partial charge in [-0.25, -0.2) is 15.0 Å². The number of amidine groups is 2. The molecule has 0 fully saturated rings. The fraction of sp³-hybridized carbons (Fsp3) is 0.0185. The van der Waals surface area contributed by atoms with Crippen molar-refractivity contribution in [2.45, 2.75) is 6.17 Å². The Hall–Kier alpha value is -8.09. The van der Waals surface area contributed by atoms with Crippen LogP contribution < -0.4 is 5.32 Å². The van der Waals surface area contributed by atoms with Crippen molar-refractivity contribution in [2.75, 3.05) is 0 Å². The van der Waals surface area contributed by atoms with E-state index in [1.54, 1.807) is 0 Å². The van der Waals surface area contributed by atoms with Gasteiger partial charge in [0.25, 0.3) is 0 Å². The molecule has 6 heteroatoms. The van der Waals surface area contributed by atoms with E-state index in [4.69, 9.17) is 19.4 Å². The molecule has 1 N–H and O–H groups in total. The second-order valence-electron chi connectivity index (χ2n) is 15.2. The molecule has 4 heterocycles. The van der Waals surface area contributed by atoms with Crippen LogP contribution in [-0.4, -0.2) is 21.2 Å². The number of aromatic nitrogens is 2. The molecule has 12 rings (SSSR count). The lowest BCUT2D eigenvalue weighted by Crippen LogP contribution is -2.33. The van der Waals surface area contributed by atoms with Crippen molar-refractivity contribution >= 4 is 66.3 Å². The molecule has 8 aromatic carbocycles. The number of rotatable bonds is 6. The normalized spacial score (nSPS) is 14.2. The van der Waals surface area contributed by atoms with Crippen LogP contribution in [0.5, 0.6) is 0 Å². The number of pyridine rings is 1. The molecule has 0 saturated carbocycles. The third kappa shape index (κ3) is 5.53. The fourth-order valence-electron chi connectivity index (χ4n) is 8.77. The summed E-state index contributed by atoms with van der Waals surface area (Å²) in [6.45, 7) is 0. The molecule has 60 heavy (non-hydrogen) atoms. The quantitative estimate of drug-likeness (QED) is 0.183. The molecule has 11 aromatic rings.